The van der Waals surface area contributed by atoms with Crippen molar-refractivity contribution in [3.8, 4) is 11.5 Å². The lowest BCUT2D eigenvalue weighted by molar-refractivity contribution is -0.141. The summed E-state index contributed by atoms with van der Waals surface area (Å²) in [6, 6.07) is 4.36. The molecule has 0 aromatic heterocycles. The fourth-order valence-electron chi connectivity index (χ4n) is 3.53. The van der Waals surface area contributed by atoms with Crippen LogP contribution in [0.5, 0.6) is 11.5 Å². The Labute approximate surface area is 145 Å². The first-order valence-electron chi connectivity index (χ1n) is 8.21. The van der Waals surface area contributed by atoms with Crippen LogP contribution in [0.2, 0.25) is 0 Å². The van der Waals surface area contributed by atoms with Crippen LogP contribution in [0.1, 0.15) is 25.7 Å². The standard InChI is InChI=1S/C16H18N2O6S/c19-15-3-4-16(20)18(15)11-5-7-17(8-6-11)25(21,22)12-1-2-13-14(9-12)24-10-23-13/h1-2,9,11H,3-8,10H2. The molecule has 0 N–H and O–H groups in total. The summed E-state index contributed by atoms with van der Waals surface area (Å²) in [5, 5.41) is 0. The van der Waals surface area contributed by atoms with Crippen LogP contribution in [0.25, 0.3) is 0 Å². The van der Waals surface area contributed by atoms with E-state index in [4.69, 9.17) is 9.47 Å². The number of rotatable bonds is 3. The van der Waals surface area contributed by atoms with Crippen molar-refractivity contribution in [2.45, 2.75) is 36.6 Å². The molecule has 0 atom stereocenters. The van der Waals surface area contributed by atoms with Crippen LogP contribution in [0.4, 0.5) is 0 Å². The summed E-state index contributed by atoms with van der Waals surface area (Å²) in [7, 11) is -3.65. The molecule has 134 valence electrons. The molecule has 8 nitrogen and oxygen atoms in total. The van der Waals surface area contributed by atoms with Gasteiger partial charge in [-0.1, -0.05) is 0 Å². The van der Waals surface area contributed by atoms with Crippen molar-refractivity contribution in [2.24, 2.45) is 0 Å². The van der Waals surface area contributed by atoms with Crippen molar-refractivity contribution in [3.05, 3.63) is 18.2 Å². The average Bonchev–Trinajstić information content (AvgIpc) is 3.20. The number of hydrogen-bond acceptors (Lipinski definition) is 6. The number of hydrogen-bond donors (Lipinski definition) is 0. The normalized spacial score (nSPS) is 22.0. The van der Waals surface area contributed by atoms with Gasteiger partial charge in [0.2, 0.25) is 28.6 Å². The second kappa shape index (κ2) is 5.99. The van der Waals surface area contributed by atoms with E-state index < -0.39 is 10.0 Å². The van der Waals surface area contributed by atoms with E-state index in [1.165, 1.54) is 21.3 Å². The van der Waals surface area contributed by atoms with E-state index in [9.17, 15) is 18.0 Å². The van der Waals surface area contributed by atoms with E-state index in [1.54, 1.807) is 6.07 Å². The van der Waals surface area contributed by atoms with Gasteiger partial charge in [0, 0.05) is 38.0 Å². The molecule has 1 aromatic rings. The molecule has 2 saturated heterocycles. The maximum atomic E-state index is 12.8. The quantitative estimate of drug-likeness (QED) is 0.732. The third-order valence-electron chi connectivity index (χ3n) is 4.86. The Morgan fingerprint density at radius 2 is 1.60 bits per heavy atom. The Morgan fingerprint density at radius 1 is 0.960 bits per heavy atom. The molecule has 0 aliphatic carbocycles. The highest BCUT2D eigenvalue weighted by Crippen LogP contribution is 2.35. The predicted octanol–water partition coefficient (Wildman–Crippen LogP) is 0.717. The third kappa shape index (κ3) is 2.77. The van der Waals surface area contributed by atoms with Gasteiger partial charge < -0.3 is 9.47 Å². The number of fused-ring (bicyclic) bond motifs is 1. The zero-order chi connectivity index (χ0) is 17.6. The van der Waals surface area contributed by atoms with E-state index in [-0.39, 0.29) is 55.5 Å². The van der Waals surface area contributed by atoms with Crippen LogP contribution in [-0.2, 0) is 19.6 Å². The predicted molar refractivity (Wildman–Crippen MR) is 85.4 cm³/mol. The molecular weight excluding hydrogens is 348 g/mol. The number of carbonyl (C=O) groups excluding carboxylic acids is 2. The largest absolute Gasteiger partial charge is 0.454 e. The first-order chi connectivity index (χ1) is 12.0. The van der Waals surface area contributed by atoms with Crippen molar-refractivity contribution < 1.29 is 27.5 Å². The topological polar surface area (TPSA) is 93.2 Å². The SMILES string of the molecule is O=C1CCC(=O)N1C1CCN(S(=O)(=O)c2ccc3c(c2)OCO3)CC1. The Morgan fingerprint density at radius 3 is 2.28 bits per heavy atom. The van der Waals surface area contributed by atoms with Crippen molar-refractivity contribution in [3.63, 3.8) is 0 Å². The van der Waals surface area contributed by atoms with E-state index >= 15 is 0 Å². The molecule has 0 spiro atoms. The molecule has 0 bridgehead atoms. The van der Waals surface area contributed by atoms with Gasteiger partial charge in [-0.3, -0.25) is 14.5 Å². The molecule has 0 saturated carbocycles. The number of benzene rings is 1. The average molecular weight is 366 g/mol. The van der Waals surface area contributed by atoms with Gasteiger partial charge in [0.25, 0.3) is 0 Å². The number of amides is 2. The van der Waals surface area contributed by atoms with Crippen molar-refractivity contribution in [1.29, 1.82) is 0 Å². The third-order valence-corrected chi connectivity index (χ3v) is 6.76. The van der Waals surface area contributed by atoms with Gasteiger partial charge in [0.15, 0.2) is 11.5 Å². The number of likely N-dealkylation sites (tertiary alicyclic amines) is 1. The molecule has 3 aliphatic rings. The zero-order valence-corrected chi connectivity index (χ0v) is 14.3. The number of imide groups is 1. The fourth-order valence-corrected chi connectivity index (χ4v) is 5.01. The molecule has 3 aliphatic heterocycles. The van der Waals surface area contributed by atoms with Crippen molar-refractivity contribution in [1.82, 2.24) is 9.21 Å². The lowest BCUT2D eigenvalue weighted by Crippen LogP contribution is -2.48. The van der Waals surface area contributed by atoms with Gasteiger partial charge in [-0.15, -0.1) is 0 Å². The summed E-state index contributed by atoms with van der Waals surface area (Å²) < 4.78 is 37.5. The second-order valence-electron chi connectivity index (χ2n) is 6.31. The molecule has 1 aromatic carbocycles. The smallest absolute Gasteiger partial charge is 0.243 e. The molecular formula is C16H18N2O6S. The molecule has 25 heavy (non-hydrogen) atoms. The lowest BCUT2D eigenvalue weighted by Gasteiger charge is -2.35. The number of ether oxygens (including phenoxy) is 2. The Bertz CT molecular complexity index is 813. The summed E-state index contributed by atoms with van der Waals surface area (Å²) in [4.78, 5) is 25.2. The Balaban J connectivity index is 1.48. The lowest BCUT2D eigenvalue weighted by atomic mass is 10.1. The van der Waals surface area contributed by atoms with E-state index in [2.05, 4.69) is 0 Å². The van der Waals surface area contributed by atoms with Crippen LogP contribution in [0.15, 0.2) is 23.1 Å². The summed E-state index contributed by atoms with van der Waals surface area (Å²) in [5.74, 6) is 0.650. The van der Waals surface area contributed by atoms with Crippen LogP contribution in [0.3, 0.4) is 0 Å². The summed E-state index contributed by atoms with van der Waals surface area (Å²) in [5.41, 5.74) is 0. The molecule has 9 heteroatoms. The Hall–Kier alpha value is -2.13. The fraction of sp³-hybridized carbons (Fsp3) is 0.500. The van der Waals surface area contributed by atoms with Gasteiger partial charge in [-0.2, -0.15) is 4.31 Å². The van der Waals surface area contributed by atoms with E-state index in [0.717, 1.165) is 0 Å². The number of sulfonamides is 1. The number of piperidine rings is 1. The van der Waals surface area contributed by atoms with Crippen molar-refractivity contribution >= 4 is 21.8 Å². The first kappa shape index (κ1) is 16.3. The minimum absolute atomic E-state index is 0.0854. The second-order valence-corrected chi connectivity index (χ2v) is 8.25. The van der Waals surface area contributed by atoms with E-state index in [1.807, 2.05) is 0 Å². The summed E-state index contributed by atoms with van der Waals surface area (Å²) in [6.07, 6.45) is 1.44. The highest BCUT2D eigenvalue weighted by atomic mass is 32.2. The van der Waals surface area contributed by atoms with Gasteiger partial charge >= 0.3 is 0 Å². The van der Waals surface area contributed by atoms with Crippen LogP contribution >= 0.6 is 0 Å². The highest BCUT2D eigenvalue weighted by Gasteiger charge is 2.38. The van der Waals surface area contributed by atoms with Gasteiger partial charge in [-0.05, 0) is 25.0 Å². The van der Waals surface area contributed by atoms with Crippen molar-refractivity contribution in [2.75, 3.05) is 19.9 Å². The molecule has 4 rings (SSSR count). The van der Waals surface area contributed by atoms with Crippen LogP contribution in [-0.4, -0.2) is 55.4 Å². The number of carbonyl (C=O) groups is 2. The van der Waals surface area contributed by atoms with Crippen LogP contribution in [0, 0.1) is 0 Å². The highest BCUT2D eigenvalue weighted by molar-refractivity contribution is 7.89. The summed E-state index contributed by atoms with van der Waals surface area (Å²) >= 11 is 0. The van der Waals surface area contributed by atoms with E-state index in [0.29, 0.717) is 24.3 Å². The maximum absolute atomic E-state index is 12.8. The van der Waals surface area contributed by atoms with Gasteiger partial charge in [0.05, 0.1) is 4.90 Å². The molecule has 3 heterocycles. The zero-order valence-electron chi connectivity index (χ0n) is 13.5. The minimum atomic E-state index is -3.65. The van der Waals surface area contributed by atoms with Gasteiger partial charge in [0.1, 0.15) is 0 Å². The number of nitrogens with zero attached hydrogens (tertiary/aromatic N) is 2. The minimum Gasteiger partial charge on any atom is -0.454 e. The van der Waals surface area contributed by atoms with Gasteiger partial charge in [-0.25, -0.2) is 8.42 Å². The summed E-state index contributed by atoms with van der Waals surface area (Å²) in [6.45, 7) is 0.638. The molecule has 2 amide bonds. The monoisotopic (exact) mass is 366 g/mol. The Kier molecular flexibility index (Phi) is 3.92. The first-order valence-corrected chi connectivity index (χ1v) is 9.65. The maximum Gasteiger partial charge on any atom is 0.243 e. The molecule has 0 radical (unpaired) electrons. The molecule has 2 fully saturated rings. The molecule has 0 unspecified atom stereocenters. The van der Waals surface area contributed by atoms with Crippen LogP contribution < -0.4 is 9.47 Å².